The Bertz CT molecular complexity index is 716. The van der Waals surface area contributed by atoms with E-state index in [9.17, 15) is 0 Å². The first kappa shape index (κ1) is 14.0. The van der Waals surface area contributed by atoms with Gasteiger partial charge in [-0.1, -0.05) is 39.0 Å². The lowest BCUT2D eigenvalue weighted by Gasteiger charge is -2.29. The summed E-state index contributed by atoms with van der Waals surface area (Å²) >= 11 is 0. The normalized spacial score (nSPS) is 23.0. The van der Waals surface area contributed by atoms with Gasteiger partial charge in [-0.15, -0.1) is 0 Å². The van der Waals surface area contributed by atoms with Gasteiger partial charge in [0.1, 0.15) is 0 Å². The largest absolute Gasteiger partial charge is 0.399 e. The Balaban J connectivity index is 2.22. The minimum Gasteiger partial charge on any atom is -0.399 e. The van der Waals surface area contributed by atoms with Crippen LogP contribution in [-0.2, 0) is 10.8 Å². The molecular formula is C19H24N2. The van der Waals surface area contributed by atoms with Crippen molar-refractivity contribution >= 4 is 11.4 Å². The average molecular weight is 280 g/mol. The maximum absolute atomic E-state index is 6.14. The van der Waals surface area contributed by atoms with E-state index in [1.165, 1.54) is 16.7 Å². The van der Waals surface area contributed by atoms with E-state index in [2.05, 4.69) is 58.0 Å². The van der Waals surface area contributed by atoms with Crippen molar-refractivity contribution in [3.8, 4) is 0 Å². The van der Waals surface area contributed by atoms with Crippen LogP contribution in [0.5, 0.6) is 0 Å². The van der Waals surface area contributed by atoms with Crippen molar-refractivity contribution in [3.05, 3.63) is 58.7 Å². The molecule has 110 valence electrons. The maximum Gasteiger partial charge on any atom is 0.0346 e. The molecule has 1 unspecified atom stereocenters. The minimum atomic E-state index is -0.00560. The molecule has 2 aromatic rings. The molecule has 0 bridgehead atoms. The van der Waals surface area contributed by atoms with Crippen LogP contribution in [-0.4, -0.2) is 0 Å². The molecule has 1 aliphatic carbocycles. The summed E-state index contributed by atoms with van der Waals surface area (Å²) in [4.78, 5) is 0. The zero-order chi connectivity index (χ0) is 15.4. The molecule has 0 aromatic heterocycles. The molecule has 21 heavy (non-hydrogen) atoms. The van der Waals surface area contributed by atoms with E-state index >= 15 is 0 Å². The number of nitrogens with two attached hydrogens (primary N) is 2. The smallest absolute Gasteiger partial charge is 0.0346 e. The molecule has 2 nitrogen and oxygen atoms in total. The highest BCUT2D eigenvalue weighted by Crippen LogP contribution is 2.53. The summed E-state index contributed by atoms with van der Waals surface area (Å²) in [6.07, 6.45) is 1.07. The third-order valence-corrected chi connectivity index (χ3v) is 5.08. The summed E-state index contributed by atoms with van der Waals surface area (Å²) in [5.74, 6) is 0. The number of aryl methyl sites for hydroxylation is 1. The Hall–Kier alpha value is -1.96. The van der Waals surface area contributed by atoms with Crippen molar-refractivity contribution in [1.29, 1.82) is 0 Å². The van der Waals surface area contributed by atoms with Crippen molar-refractivity contribution in [1.82, 2.24) is 0 Å². The Labute approximate surface area is 127 Å². The number of hydrogen-bond donors (Lipinski definition) is 2. The third-order valence-electron chi connectivity index (χ3n) is 5.08. The molecule has 1 aliphatic rings. The van der Waals surface area contributed by atoms with Gasteiger partial charge < -0.3 is 11.5 Å². The average Bonchev–Trinajstić information content (AvgIpc) is 2.61. The van der Waals surface area contributed by atoms with Gasteiger partial charge in [0.25, 0.3) is 0 Å². The topological polar surface area (TPSA) is 52.0 Å². The molecular weight excluding hydrogens is 256 g/mol. The number of fused-ring (bicyclic) bond motifs is 1. The molecule has 2 heteroatoms. The van der Waals surface area contributed by atoms with Crippen LogP contribution < -0.4 is 11.5 Å². The molecule has 1 atom stereocenters. The van der Waals surface area contributed by atoms with Crippen LogP contribution in [0.15, 0.2) is 36.4 Å². The predicted octanol–water partition coefficient (Wildman–Crippen LogP) is 4.15. The molecule has 0 aliphatic heterocycles. The Kier molecular flexibility index (Phi) is 2.84. The lowest BCUT2D eigenvalue weighted by Crippen LogP contribution is -2.23. The standard InChI is InChI=1S/C19H24N2/c1-12-5-6-13(9-17(12)21)19(4)11-18(2,3)16-10-14(20)7-8-15(16)19/h5-10H,11,20-21H2,1-4H3. The van der Waals surface area contributed by atoms with E-state index in [1.54, 1.807) is 0 Å². The molecule has 0 saturated heterocycles. The molecule has 0 heterocycles. The number of nitrogen functional groups attached to an aromatic ring is 2. The monoisotopic (exact) mass is 280 g/mol. The first-order chi connectivity index (χ1) is 9.74. The minimum absolute atomic E-state index is 0.00560. The lowest BCUT2D eigenvalue weighted by atomic mass is 9.75. The van der Waals surface area contributed by atoms with Gasteiger partial charge in [-0.2, -0.15) is 0 Å². The third kappa shape index (κ3) is 2.01. The van der Waals surface area contributed by atoms with Crippen LogP contribution in [0.3, 0.4) is 0 Å². The first-order valence-corrected chi connectivity index (χ1v) is 7.51. The van der Waals surface area contributed by atoms with Crippen LogP contribution >= 0.6 is 0 Å². The summed E-state index contributed by atoms with van der Waals surface area (Å²) in [5, 5.41) is 0. The second-order valence-corrected chi connectivity index (χ2v) is 7.27. The van der Waals surface area contributed by atoms with Gasteiger partial charge in [-0.05, 0) is 59.2 Å². The molecule has 0 radical (unpaired) electrons. The van der Waals surface area contributed by atoms with Gasteiger partial charge in [-0.3, -0.25) is 0 Å². The Morgan fingerprint density at radius 1 is 0.905 bits per heavy atom. The number of rotatable bonds is 1. The van der Waals surface area contributed by atoms with Crippen LogP contribution in [0.4, 0.5) is 11.4 Å². The number of benzene rings is 2. The second-order valence-electron chi connectivity index (χ2n) is 7.27. The Morgan fingerprint density at radius 2 is 1.62 bits per heavy atom. The van der Waals surface area contributed by atoms with E-state index in [-0.39, 0.29) is 10.8 Å². The highest BCUT2D eigenvalue weighted by atomic mass is 14.6. The lowest BCUT2D eigenvalue weighted by molar-refractivity contribution is 0.425. The predicted molar refractivity (Wildman–Crippen MR) is 90.5 cm³/mol. The van der Waals surface area contributed by atoms with Crippen LogP contribution in [0, 0.1) is 6.92 Å². The zero-order valence-electron chi connectivity index (χ0n) is 13.3. The fourth-order valence-corrected chi connectivity index (χ4v) is 3.92. The van der Waals surface area contributed by atoms with Gasteiger partial charge in [0.15, 0.2) is 0 Å². The van der Waals surface area contributed by atoms with Crippen molar-refractivity contribution in [2.45, 2.75) is 44.9 Å². The van der Waals surface area contributed by atoms with Gasteiger partial charge in [0.05, 0.1) is 0 Å². The van der Waals surface area contributed by atoms with E-state index in [1.807, 2.05) is 6.07 Å². The highest BCUT2D eigenvalue weighted by molar-refractivity contribution is 5.59. The molecule has 4 N–H and O–H groups in total. The van der Waals surface area contributed by atoms with Gasteiger partial charge in [0.2, 0.25) is 0 Å². The summed E-state index contributed by atoms with van der Waals surface area (Å²) in [5.41, 5.74) is 19.1. The summed E-state index contributed by atoms with van der Waals surface area (Å²) in [6.45, 7) is 8.97. The fourth-order valence-electron chi connectivity index (χ4n) is 3.92. The second kappa shape index (κ2) is 4.27. The zero-order valence-corrected chi connectivity index (χ0v) is 13.3. The fraction of sp³-hybridized carbons (Fsp3) is 0.368. The van der Waals surface area contributed by atoms with E-state index in [4.69, 9.17) is 11.5 Å². The van der Waals surface area contributed by atoms with Crippen molar-refractivity contribution < 1.29 is 0 Å². The molecule has 0 fully saturated rings. The maximum atomic E-state index is 6.14. The van der Waals surface area contributed by atoms with Crippen molar-refractivity contribution in [2.24, 2.45) is 0 Å². The molecule has 0 spiro atoms. The van der Waals surface area contributed by atoms with Crippen LogP contribution in [0.1, 0.15) is 49.4 Å². The summed E-state index contributed by atoms with van der Waals surface area (Å²) in [6, 6.07) is 12.8. The van der Waals surface area contributed by atoms with Gasteiger partial charge >= 0.3 is 0 Å². The number of hydrogen-bond acceptors (Lipinski definition) is 2. The van der Waals surface area contributed by atoms with Crippen molar-refractivity contribution in [3.63, 3.8) is 0 Å². The first-order valence-electron chi connectivity index (χ1n) is 7.51. The quantitative estimate of drug-likeness (QED) is 0.771. The van der Waals surface area contributed by atoms with Gasteiger partial charge in [0, 0.05) is 16.8 Å². The van der Waals surface area contributed by atoms with Crippen LogP contribution in [0.25, 0.3) is 0 Å². The molecule has 0 saturated carbocycles. The molecule has 2 aromatic carbocycles. The van der Waals surface area contributed by atoms with Gasteiger partial charge in [-0.25, -0.2) is 0 Å². The van der Waals surface area contributed by atoms with E-state index < -0.39 is 0 Å². The molecule has 0 amide bonds. The molecule has 3 rings (SSSR count). The SMILES string of the molecule is Cc1ccc(C2(C)CC(C)(C)c3cc(N)ccc32)cc1N. The number of anilines is 2. The van der Waals surface area contributed by atoms with Crippen molar-refractivity contribution in [2.75, 3.05) is 11.5 Å². The van der Waals surface area contributed by atoms with E-state index in [0.29, 0.717) is 0 Å². The summed E-state index contributed by atoms with van der Waals surface area (Å²) < 4.78 is 0. The summed E-state index contributed by atoms with van der Waals surface area (Å²) in [7, 11) is 0. The highest BCUT2D eigenvalue weighted by Gasteiger charge is 2.45. The van der Waals surface area contributed by atoms with Crippen LogP contribution in [0.2, 0.25) is 0 Å². The Morgan fingerprint density at radius 3 is 2.29 bits per heavy atom. The van der Waals surface area contributed by atoms with E-state index in [0.717, 1.165) is 23.4 Å².